The van der Waals surface area contributed by atoms with Gasteiger partial charge >= 0.3 is 0 Å². The summed E-state index contributed by atoms with van der Waals surface area (Å²) in [6.45, 7) is 3.80. The number of ether oxygens (including phenoxy) is 2. The summed E-state index contributed by atoms with van der Waals surface area (Å²) >= 11 is 8.21. The van der Waals surface area contributed by atoms with E-state index < -0.39 is 11.8 Å². The van der Waals surface area contributed by atoms with E-state index in [0.29, 0.717) is 33.8 Å². The van der Waals surface area contributed by atoms with Gasteiger partial charge in [0.25, 0.3) is 17.7 Å². The number of aryl methyl sites for hydroxylation is 1. The zero-order valence-corrected chi connectivity index (χ0v) is 19.7. The number of halogens is 1. The van der Waals surface area contributed by atoms with Gasteiger partial charge in [0, 0.05) is 5.69 Å². The maximum atomic E-state index is 12.3. The molecule has 166 valence electrons. The van der Waals surface area contributed by atoms with Crippen molar-refractivity contribution in [3.05, 3.63) is 57.6 Å². The van der Waals surface area contributed by atoms with E-state index >= 15 is 0 Å². The molecule has 0 unspecified atom stereocenters. The molecule has 1 aliphatic rings. The molecule has 0 aliphatic carbocycles. The number of benzene rings is 2. The lowest BCUT2D eigenvalue weighted by Crippen LogP contribution is -2.51. The Hall–Kier alpha value is -3.24. The minimum Gasteiger partial charge on any atom is -0.490 e. The number of hydrogen-bond donors (Lipinski definition) is 3. The van der Waals surface area contributed by atoms with Crippen LogP contribution in [0.3, 0.4) is 0 Å². The van der Waals surface area contributed by atoms with Crippen LogP contribution in [-0.2, 0) is 14.4 Å². The lowest BCUT2D eigenvalue weighted by Gasteiger charge is -2.17. The van der Waals surface area contributed by atoms with Gasteiger partial charge in [0.05, 0.1) is 11.1 Å². The summed E-state index contributed by atoms with van der Waals surface area (Å²) in [5, 5.41) is 7.53. The second-order valence-electron chi connectivity index (χ2n) is 6.71. The van der Waals surface area contributed by atoms with Crippen LogP contribution in [0.4, 0.5) is 5.69 Å². The lowest BCUT2D eigenvalue weighted by molar-refractivity contribution is -0.123. The number of amides is 3. The molecule has 0 atom stereocenters. The minimum atomic E-state index is -0.596. The van der Waals surface area contributed by atoms with Crippen LogP contribution in [-0.4, -0.2) is 36.0 Å². The normalized spacial score (nSPS) is 13.2. The third kappa shape index (κ3) is 5.71. The average molecular weight is 518 g/mol. The summed E-state index contributed by atoms with van der Waals surface area (Å²) in [5.41, 5.74) is 2.06. The highest BCUT2D eigenvalue weighted by atomic mass is 79.9. The van der Waals surface area contributed by atoms with E-state index in [4.69, 9.17) is 21.7 Å². The van der Waals surface area contributed by atoms with Gasteiger partial charge in [-0.25, -0.2) is 0 Å². The van der Waals surface area contributed by atoms with Crippen molar-refractivity contribution in [2.24, 2.45) is 0 Å². The van der Waals surface area contributed by atoms with Crippen molar-refractivity contribution in [1.29, 1.82) is 0 Å². The van der Waals surface area contributed by atoms with Crippen LogP contribution >= 0.6 is 28.1 Å². The van der Waals surface area contributed by atoms with Crippen molar-refractivity contribution >= 4 is 62.7 Å². The van der Waals surface area contributed by atoms with Crippen LogP contribution in [0.15, 0.2) is 46.4 Å². The summed E-state index contributed by atoms with van der Waals surface area (Å²) in [5.74, 6) is -0.842. The standard InChI is InChI=1S/C22H20BrN3O5S/c1-3-30-17-10-13(8-14-20(28)25-22(32)26-21(14)29)9-15(23)19(17)31-11-18(27)24-16-7-5-4-6-12(16)2/h4-10H,3,11H2,1-2H3,(H,24,27)(H2,25,26,28,29,32). The Balaban J connectivity index is 1.80. The molecule has 0 saturated carbocycles. The Morgan fingerprint density at radius 3 is 2.50 bits per heavy atom. The first-order valence-corrected chi connectivity index (χ1v) is 10.8. The third-order valence-corrected chi connectivity index (χ3v) is 5.15. The third-order valence-electron chi connectivity index (χ3n) is 4.35. The number of carbonyl (C=O) groups excluding carboxylic acids is 3. The first-order valence-electron chi connectivity index (χ1n) is 9.61. The SMILES string of the molecule is CCOc1cc(C=C2C(=O)NC(=S)NC2=O)cc(Br)c1OCC(=O)Nc1ccccc1C. The van der Waals surface area contributed by atoms with Gasteiger partial charge in [-0.1, -0.05) is 18.2 Å². The van der Waals surface area contributed by atoms with Crippen LogP contribution < -0.4 is 25.4 Å². The van der Waals surface area contributed by atoms with Gasteiger partial charge in [0.1, 0.15) is 5.57 Å². The minimum absolute atomic E-state index is 0.0407. The smallest absolute Gasteiger partial charge is 0.263 e. The van der Waals surface area contributed by atoms with Crippen molar-refractivity contribution in [1.82, 2.24) is 10.6 Å². The van der Waals surface area contributed by atoms with E-state index in [1.165, 1.54) is 6.08 Å². The summed E-state index contributed by atoms with van der Waals surface area (Å²) in [6, 6.07) is 10.7. The van der Waals surface area contributed by atoms with E-state index in [1.54, 1.807) is 25.1 Å². The molecule has 2 aromatic rings. The number of para-hydroxylation sites is 1. The predicted molar refractivity (Wildman–Crippen MR) is 127 cm³/mol. The fourth-order valence-electron chi connectivity index (χ4n) is 2.88. The molecule has 1 saturated heterocycles. The fraction of sp³-hybridized carbons (Fsp3) is 0.182. The Labute approximate surface area is 198 Å². The van der Waals surface area contributed by atoms with Gasteiger partial charge in [-0.15, -0.1) is 0 Å². The zero-order chi connectivity index (χ0) is 23.3. The van der Waals surface area contributed by atoms with Crippen LogP contribution in [0.5, 0.6) is 11.5 Å². The van der Waals surface area contributed by atoms with Crippen LogP contribution in [0.2, 0.25) is 0 Å². The van der Waals surface area contributed by atoms with Gasteiger partial charge in [0.15, 0.2) is 23.2 Å². The number of hydrogen-bond acceptors (Lipinski definition) is 6. The molecule has 10 heteroatoms. The molecule has 32 heavy (non-hydrogen) atoms. The Kier molecular flexibility index (Phi) is 7.60. The molecule has 2 aromatic carbocycles. The summed E-state index contributed by atoms with van der Waals surface area (Å²) in [6.07, 6.45) is 1.41. The van der Waals surface area contributed by atoms with Crippen LogP contribution in [0.25, 0.3) is 6.08 Å². The first-order chi connectivity index (χ1) is 15.3. The molecule has 3 rings (SSSR count). The molecule has 8 nitrogen and oxygen atoms in total. The van der Waals surface area contributed by atoms with Crippen molar-refractivity contribution in [3.8, 4) is 11.5 Å². The summed E-state index contributed by atoms with van der Waals surface area (Å²) in [4.78, 5) is 36.5. The van der Waals surface area contributed by atoms with Crippen molar-refractivity contribution in [2.75, 3.05) is 18.5 Å². The van der Waals surface area contributed by atoms with E-state index in [-0.39, 0.29) is 23.2 Å². The Morgan fingerprint density at radius 1 is 1.16 bits per heavy atom. The van der Waals surface area contributed by atoms with Gasteiger partial charge in [-0.05, 0) is 77.4 Å². The highest BCUT2D eigenvalue weighted by molar-refractivity contribution is 9.10. The van der Waals surface area contributed by atoms with Gasteiger partial charge in [0.2, 0.25) is 0 Å². The van der Waals surface area contributed by atoms with E-state index in [9.17, 15) is 14.4 Å². The molecule has 0 aromatic heterocycles. The Morgan fingerprint density at radius 2 is 1.84 bits per heavy atom. The highest BCUT2D eigenvalue weighted by Crippen LogP contribution is 2.37. The molecule has 3 N–H and O–H groups in total. The van der Waals surface area contributed by atoms with Gasteiger partial charge < -0.3 is 14.8 Å². The second-order valence-corrected chi connectivity index (χ2v) is 7.97. The fourth-order valence-corrected chi connectivity index (χ4v) is 3.64. The largest absolute Gasteiger partial charge is 0.490 e. The maximum Gasteiger partial charge on any atom is 0.263 e. The molecule has 1 heterocycles. The molecule has 0 spiro atoms. The molecular formula is C22H20BrN3O5S. The molecular weight excluding hydrogens is 498 g/mol. The molecule has 1 aliphatic heterocycles. The first kappa shape index (κ1) is 23.4. The van der Waals surface area contributed by atoms with Gasteiger partial charge in [-0.2, -0.15) is 0 Å². The maximum absolute atomic E-state index is 12.3. The van der Waals surface area contributed by atoms with Crippen molar-refractivity contribution < 1.29 is 23.9 Å². The van der Waals surface area contributed by atoms with Crippen molar-refractivity contribution in [2.45, 2.75) is 13.8 Å². The van der Waals surface area contributed by atoms with Gasteiger partial charge in [-0.3, -0.25) is 25.0 Å². The summed E-state index contributed by atoms with van der Waals surface area (Å²) in [7, 11) is 0. The topological polar surface area (TPSA) is 106 Å². The molecule has 3 amide bonds. The van der Waals surface area contributed by atoms with E-state index in [2.05, 4.69) is 31.9 Å². The monoisotopic (exact) mass is 517 g/mol. The second kappa shape index (κ2) is 10.4. The average Bonchev–Trinajstić information content (AvgIpc) is 2.72. The number of carbonyl (C=O) groups is 3. The quantitative estimate of drug-likeness (QED) is 0.296. The highest BCUT2D eigenvalue weighted by Gasteiger charge is 2.26. The molecule has 0 bridgehead atoms. The number of anilines is 1. The van der Waals surface area contributed by atoms with Crippen LogP contribution in [0, 0.1) is 6.92 Å². The number of nitrogens with one attached hydrogen (secondary N) is 3. The van der Waals surface area contributed by atoms with E-state index in [1.807, 2.05) is 25.1 Å². The van der Waals surface area contributed by atoms with Crippen molar-refractivity contribution in [3.63, 3.8) is 0 Å². The predicted octanol–water partition coefficient (Wildman–Crippen LogP) is 3.09. The summed E-state index contributed by atoms with van der Waals surface area (Å²) < 4.78 is 11.9. The van der Waals surface area contributed by atoms with E-state index in [0.717, 1.165) is 5.56 Å². The number of rotatable bonds is 7. The Bertz CT molecular complexity index is 1110. The zero-order valence-electron chi connectivity index (χ0n) is 17.3. The number of thiocarbonyl (C=S) groups is 1. The lowest BCUT2D eigenvalue weighted by atomic mass is 10.1. The molecule has 1 fully saturated rings. The van der Waals surface area contributed by atoms with Crippen LogP contribution in [0.1, 0.15) is 18.1 Å². The molecule has 0 radical (unpaired) electrons.